The number of nitrogens with one attached hydrogen (secondary N) is 1. The molecule has 0 saturated carbocycles. The van der Waals surface area contributed by atoms with Crippen LogP contribution in [0.15, 0.2) is 0 Å². The van der Waals surface area contributed by atoms with E-state index >= 15 is 0 Å². The van der Waals surface area contributed by atoms with E-state index in [1.807, 2.05) is 0 Å². The number of ether oxygens (including phenoxy) is 1. The molecule has 0 aromatic carbocycles. The molecule has 0 aliphatic carbocycles. The molecule has 0 unspecified atom stereocenters. The number of rotatable bonds is 6. The summed E-state index contributed by atoms with van der Waals surface area (Å²) in [5, 5.41) is 7.12. The first-order chi connectivity index (χ1) is 11.6. The molecule has 0 fully saturated rings. The summed E-state index contributed by atoms with van der Waals surface area (Å²) in [6, 6.07) is 0. The Hall–Kier alpha value is -2.63. The fourth-order valence-corrected chi connectivity index (χ4v) is 1.82. The maximum Gasteiger partial charge on any atom is 0.490 e. The van der Waals surface area contributed by atoms with Gasteiger partial charge in [0.25, 0.3) is 0 Å². The Morgan fingerprint density at radius 1 is 1.20 bits per heavy atom. The van der Waals surface area contributed by atoms with Crippen molar-refractivity contribution in [1.82, 2.24) is 19.9 Å². The lowest BCUT2D eigenvalue weighted by Crippen LogP contribution is -2.21. The van der Waals surface area contributed by atoms with Crippen LogP contribution in [0.3, 0.4) is 0 Å². The summed E-state index contributed by atoms with van der Waals surface area (Å²) in [6.07, 6.45) is -1.01. The minimum atomic E-state index is -5.08. The van der Waals surface area contributed by atoms with Crippen LogP contribution in [0, 0.1) is 0 Å². The van der Waals surface area contributed by atoms with E-state index in [9.17, 15) is 13.2 Å². The summed E-state index contributed by atoms with van der Waals surface area (Å²) in [7, 11) is 1.71. The molecule has 6 N–H and O–H groups in total. The first kappa shape index (κ1) is 20.4. The van der Waals surface area contributed by atoms with E-state index in [4.69, 9.17) is 26.1 Å². The Labute approximate surface area is 140 Å². The normalized spacial score (nSPS) is 11.2. The van der Waals surface area contributed by atoms with Crippen LogP contribution in [0.4, 0.5) is 24.9 Å². The van der Waals surface area contributed by atoms with Crippen molar-refractivity contribution in [1.29, 1.82) is 0 Å². The molecule has 2 aromatic heterocycles. The van der Waals surface area contributed by atoms with Crippen molar-refractivity contribution in [2.24, 2.45) is 0 Å². The highest BCUT2D eigenvalue weighted by Gasteiger charge is 2.38. The zero-order chi connectivity index (χ0) is 19.0. The Balaban J connectivity index is 0.000000381. The number of imidazole rings is 1. The quantitative estimate of drug-likeness (QED) is 0.563. The lowest BCUT2D eigenvalue weighted by Gasteiger charge is -1.98. The highest BCUT2D eigenvalue weighted by atomic mass is 19.4. The average Bonchev–Trinajstić information content (AvgIpc) is 2.90. The first-order valence-electron chi connectivity index (χ1n) is 7.21. The Bertz CT molecular complexity index is 704. The van der Waals surface area contributed by atoms with Gasteiger partial charge in [0.05, 0.1) is 0 Å². The average molecular weight is 364 g/mol. The molecule has 140 valence electrons. The number of hydrogen-bond donors (Lipinski definition) is 4. The predicted molar refractivity (Wildman–Crippen MR) is 83.6 cm³/mol. The molecule has 2 rings (SSSR count). The first-order valence-corrected chi connectivity index (χ1v) is 7.21. The van der Waals surface area contributed by atoms with Gasteiger partial charge in [-0.2, -0.15) is 23.1 Å². The van der Waals surface area contributed by atoms with Gasteiger partial charge in [-0.05, 0) is 12.8 Å². The molecule has 25 heavy (non-hydrogen) atoms. The van der Waals surface area contributed by atoms with Crippen molar-refractivity contribution < 1.29 is 27.8 Å². The van der Waals surface area contributed by atoms with Gasteiger partial charge >= 0.3 is 12.1 Å². The lowest BCUT2D eigenvalue weighted by atomic mass is 10.2. The van der Waals surface area contributed by atoms with E-state index in [1.54, 1.807) is 7.11 Å². The third-order valence-corrected chi connectivity index (χ3v) is 2.95. The van der Waals surface area contributed by atoms with Gasteiger partial charge in [-0.3, -0.25) is 0 Å². The standard InChI is InChI=1S/C11H18N6O.C2HF3O2/c1-18-6-4-2-3-5-7-14-8-9(12)16-11(13)17-10(8)15-7;3-2(4,5)1(6)7/h2-6H2,1H3,(H5,12,13,14,15,16,17);(H,6,7). The van der Waals surface area contributed by atoms with Crippen molar-refractivity contribution >= 4 is 28.9 Å². The van der Waals surface area contributed by atoms with E-state index in [-0.39, 0.29) is 5.95 Å². The summed E-state index contributed by atoms with van der Waals surface area (Å²) in [6.45, 7) is 0.801. The Morgan fingerprint density at radius 2 is 1.84 bits per heavy atom. The molecule has 0 spiro atoms. The van der Waals surface area contributed by atoms with Crippen molar-refractivity contribution in [3.05, 3.63) is 5.82 Å². The van der Waals surface area contributed by atoms with Crippen molar-refractivity contribution in [3.8, 4) is 0 Å². The van der Waals surface area contributed by atoms with Crippen LogP contribution in [-0.4, -0.2) is 50.9 Å². The van der Waals surface area contributed by atoms with Crippen LogP contribution >= 0.6 is 0 Å². The number of carboxylic acids is 1. The number of alkyl halides is 3. The van der Waals surface area contributed by atoms with Gasteiger partial charge in [0.15, 0.2) is 11.5 Å². The summed E-state index contributed by atoms with van der Waals surface area (Å²) >= 11 is 0. The van der Waals surface area contributed by atoms with E-state index in [0.717, 1.165) is 38.1 Å². The van der Waals surface area contributed by atoms with Crippen molar-refractivity contribution in [2.45, 2.75) is 31.9 Å². The van der Waals surface area contributed by atoms with Crippen LogP contribution in [0.1, 0.15) is 25.1 Å². The maximum absolute atomic E-state index is 10.6. The van der Waals surface area contributed by atoms with Gasteiger partial charge in [0.1, 0.15) is 11.3 Å². The minimum absolute atomic E-state index is 0.151. The van der Waals surface area contributed by atoms with Crippen LogP contribution in [0.2, 0.25) is 0 Å². The largest absolute Gasteiger partial charge is 0.490 e. The van der Waals surface area contributed by atoms with Gasteiger partial charge in [-0.15, -0.1) is 0 Å². The number of carbonyl (C=O) groups is 1. The second kappa shape index (κ2) is 9.01. The monoisotopic (exact) mass is 364 g/mol. The molecule has 0 aliphatic rings. The zero-order valence-electron chi connectivity index (χ0n) is 13.4. The molecule has 0 amide bonds. The number of aromatic nitrogens is 4. The fourth-order valence-electron chi connectivity index (χ4n) is 1.82. The summed E-state index contributed by atoms with van der Waals surface area (Å²) in [5.41, 5.74) is 12.5. The number of aliphatic carboxylic acids is 1. The molecule has 2 heterocycles. The highest BCUT2D eigenvalue weighted by molar-refractivity contribution is 5.82. The number of nitrogens with zero attached hydrogens (tertiary/aromatic N) is 3. The van der Waals surface area contributed by atoms with Crippen LogP contribution in [-0.2, 0) is 16.0 Å². The number of H-pyrrole nitrogens is 1. The molecular formula is C13H19F3N6O3. The molecule has 0 bridgehead atoms. The molecule has 12 heteroatoms. The number of fused-ring (bicyclic) bond motifs is 1. The molecule has 0 radical (unpaired) electrons. The lowest BCUT2D eigenvalue weighted by molar-refractivity contribution is -0.192. The third kappa shape index (κ3) is 6.79. The van der Waals surface area contributed by atoms with Gasteiger partial charge in [-0.1, -0.05) is 6.42 Å². The number of aryl methyl sites for hydroxylation is 1. The van der Waals surface area contributed by atoms with Crippen LogP contribution in [0.5, 0.6) is 0 Å². The minimum Gasteiger partial charge on any atom is -0.475 e. The zero-order valence-corrected chi connectivity index (χ0v) is 13.4. The molecular weight excluding hydrogens is 345 g/mol. The predicted octanol–water partition coefficient (Wildman–Crippen LogP) is 1.51. The van der Waals surface area contributed by atoms with E-state index in [2.05, 4.69) is 19.9 Å². The summed E-state index contributed by atoms with van der Waals surface area (Å²) < 4.78 is 36.7. The molecule has 0 saturated heterocycles. The van der Waals surface area contributed by atoms with Gasteiger partial charge in [0, 0.05) is 20.1 Å². The Kier molecular flexibility index (Phi) is 7.36. The maximum atomic E-state index is 10.6. The number of methoxy groups -OCH3 is 1. The molecule has 9 nitrogen and oxygen atoms in total. The number of hydrogen-bond acceptors (Lipinski definition) is 7. The number of aromatic amines is 1. The highest BCUT2D eigenvalue weighted by Crippen LogP contribution is 2.17. The fraction of sp³-hybridized carbons (Fsp3) is 0.538. The van der Waals surface area contributed by atoms with E-state index in [0.29, 0.717) is 17.0 Å². The summed E-state index contributed by atoms with van der Waals surface area (Å²) in [4.78, 5) is 24.3. The number of nitrogens with two attached hydrogens (primary N) is 2. The topological polar surface area (TPSA) is 153 Å². The van der Waals surface area contributed by atoms with Gasteiger partial charge in [0.2, 0.25) is 5.95 Å². The SMILES string of the molecule is COCCCCCc1nc2nc(N)nc(N)c2[nH]1.O=C(O)C(F)(F)F. The molecule has 0 atom stereocenters. The van der Waals surface area contributed by atoms with Gasteiger partial charge in [-0.25, -0.2) is 9.78 Å². The van der Waals surface area contributed by atoms with Gasteiger partial charge < -0.3 is 26.3 Å². The van der Waals surface area contributed by atoms with Crippen molar-refractivity contribution in [3.63, 3.8) is 0 Å². The number of anilines is 2. The summed E-state index contributed by atoms with van der Waals surface area (Å²) in [5.74, 6) is -1.39. The Morgan fingerprint density at radius 3 is 2.40 bits per heavy atom. The third-order valence-electron chi connectivity index (χ3n) is 2.95. The number of carboxylic acid groups (broad SMARTS) is 1. The number of unbranched alkanes of at least 4 members (excludes halogenated alkanes) is 2. The molecule has 0 aliphatic heterocycles. The number of nitrogen functional groups attached to an aromatic ring is 2. The number of halogens is 3. The second-order valence-electron chi connectivity index (χ2n) is 4.96. The van der Waals surface area contributed by atoms with Crippen molar-refractivity contribution in [2.75, 3.05) is 25.2 Å². The molecule has 2 aromatic rings. The smallest absolute Gasteiger partial charge is 0.475 e. The van der Waals surface area contributed by atoms with E-state index < -0.39 is 12.1 Å². The van der Waals surface area contributed by atoms with E-state index in [1.165, 1.54) is 0 Å². The van der Waals surface area contributed by atoms with Crippen LogP contribution in [0.25, 0.3) is 11.2 Å². The second-order valence-corrected chi connectivity index (χ2v) is 4.96. The van der Waals surface area contributed by atoms with Crippen LogP contribution < -0.4 is 11.5 Å².